The Kier molecular flexibility index (Phi) is 5.41. The van der Waals surface area contributed by atoms with Gasteiger partial charge in [-0.1, -0.05) is 0 Å². The third-order valence-electron chi connectivity index (χ3n) is 2.22. The molecular weight excluding hydrogens is 230 g/mol. The zero-order valence-corrected chi connectivity index (χ0v) is 10.1. The minimum atomic E-state index is -0.682. The summed E-state index contributed by atoms with van der Waals surface area (Å²) >= 11 is 1.61. The van der Waals surface area contributed by atoms with Crippen LogP contribution in [0.25, 0.3) is 0 Å². The summed E-state index contributed by atoms with van der Waals surface area (Å²) in [5.41, 5.74) is 5.03. The van der Waals surface area contributed by atoms with Gasteiger partial charge in [-0.25, -0.2) is 9.86 Å². The molecule has 0 aliphatic carbocycles. The van der Waals surface area contributed by atoms with E-state index in [0.717, 1.165) is 12.2 Å². The Labute approximate surface area is 98.8 Å². The maximum atomic E-state index is 11.9. The molecule has 1 heterocycles. The lowest BCUT2D eigenvalue weighted by Crippen LogP contribution is -2.49. The van der Waals surface area contributed by atoms with Crippen LogP contribution in [0, 0.1) is 0 Å². The number of rotatable bonds is 5. The van der Waals surface area contributed by atoms with Crippen LogP contribution in [-0.4, -0.2) is 48.2 Å². The van der Waals surface area contributed by atoms with Crippen LogP contribution in [0.15, 0.2) is 0 Å². The molecule has 1 rings (SSSR count). The van der Waals surface area contributed by atoms with E-state index in [0.29, 0.717) is 19.6 Å². The van der Waals surface area contributed by atoms with Crippen molar-refractivity contribution in [3.63, 3.8) is 0 Å². The van der Waals surface area contributed by atoms with Gasteiger partial charge in [-0.15, -0.1) is 0 Å². The molecule has 1 aliphatic heterocycles. The van der Waals surface area contributed by atoms with Gasteiger partial charge in [-0.2, -0.15) is 11.8 Å². The van der Waals surface area contributed by atoms with Gasteiger partial charge in [-0.3, -0.25) is 9.63 Å². The molecule has 0 spiro atoms. The molecule has 3 amide bonds. The summed E-state index contributed by atoms with van der Waals surface area (Å²) in [7, 11) is 0. The molecule has 0 radical (unpaired) electrons. The molecular formula is C9H17N3O3S. The molecule has 0 aromatic rings. The van der Waals surface area contributed by atoms with Crippen molar-refractivity contribution in [2.45, 2.75) is 18.9 Å². The summed E-state index contributed by atoms with van der Waals surface area (Å²) < 4.78 is 0. The van der Waals surface area contributed by atoms with Gasteiger partial charge >= 0.3 is 6.03 Å². The monoisotopic (exact) mass is 247 g/mol. The Morgan fingerprint density at radius 1 is 1.62 bits per heavy atom. The standard InChI is InChI=1S/C9H17N3O3S/c1-16-6-3-7(11-9(10)14)8(13)12-4-2-5-15-12/h7H,2-6H2,1H3,(H3,10,11,14). The Morgan fingerprint density at radius 2 is 2.38 bits per heavy atom. The second-order valence-corrected chi connectivity index (χ2v) is 4.46. The van der Waals surface area contributed by atoms with Crippen molar-refractivity contribution in [3.05, 3.63) is 0 Å². The summed E-state index contributed by atoms with van der Waals surface area (Å²) in [6, 6.07) is -1.26. The van der Waals surface area contributed by atoms with Gasteiger partial charge in [0.15, 0.2) is 0 Å². The molecule has 1 atom stereocenters. The number of hydroxylamine groups is 2. The summed E-state index contributed by atoms with van der Waals surface area (Å²) in [5.74, 6) is 0.565. The Morgan fingerprint density at radius 3 is 2.88 bits per heavy atom. The highest BCUT2D eigenvalue weighted by atomic mass is 32.2. The number of nitrogens with zero attached hydrogens (tertiary/aromatic N) is 1. The Bertz CT molecular complexity index is 256. The number of nitrogens with one attached hydrogen (secondary N) is 1. The van der Waals surface area contributed by atoms with Crippen molar-refractivity contribution in [3.8, 4) is 0 Å². The average molecular weight is 247 g/mol. The third-order valence-corrected chi connectivity index (χ3v) is 2.87. The highest BCUT2D eigenvalue weighted by molar-refractivity contribution is 7.98. The molecule has 0 aromatic carbocycles. The molecule has 1 aliphatic rings. The van der Waals surface area contributed by atoms with Crippen molar-refractivity contribution < 1.29 is 14.4 Å². The number of amides is 3. The lowest BCUT2D eigenvalue weighted by atomic mass is 10.2. The van der Waals surface area contributed by atoms with E-state index < -0.39 is 12.1 Å². The highest BCUT2D eigenvalue weighted by Crippen LogP contribution is 2.10. The molecule has 1 saturated heterocycles. The average Bonchev–Trinajstić information content (AvgIpc) is 2.76. The lowest BCUT2D eigenvalue weighted by Gasteiger charge is -2.21. The summed E-state index contributed by atoms with van der Waals surface area (Å²) in [6.45, 7) is 1.13. The summed E-state index contributed by atoms with van der Waals surface area (Å²) in [6.07, 6.45) is 3.33. The molecule has 0 bridgehead atoms. The van der Waals surface area contributed by atoms with Crippen molar-refractivity contribution in [1.82, 2.24) is 10.4 Å². The second-order valence-electron chi connectivity index (χ2n) is 3.47. The molecule has 7 heteroatoms. The second kappa shape index (κ2) is 6.59. The minimum absolute atomic E-state index is 0.217. The largest absolute Gasteiger partial charge is 0.352 e. The van der Waals surface area contributed by atoms with Crippen LogP contribution in [-0.2, 0) is 9.63 Å². The van der Waals surface area contributed by atoms with Crippen LogP contribution < -0.4 is 11.1 Å². The fourth-order valence-corrected chi connectivity index (χ4v) is 1.93. The van der Waals surface area contributed by atoms with Crippen LogP contribution in [0.3, 0.4) is 0 Å². The number of hydrogen-bond donors (Lipinski definition) is 2. The topological polar surface area (TPSA) is 84.7 Å². The number of primary amides is 1. The number of nitrogens with two attached hydrogens (primary N) is 1. The fourth-order valence-electron chi connectivity index (χ4n) is 1.46. The minimum Gasteiger partial charge on any atom is -0.352 e. The number of carbonyl (C=O) groups excluding carboxylic acids is 2. The number of hydrogen-bond acceptors (Lipinski definition) is 4. The van der Waals surface area contributed by atoms with Crippen molar-refractivity contribution in [1.29, 1.82) is 0 Å². The quantitative estimate of drug-likeness (QED) is 0.713. The van der Waals surface area contributed by atoms with Gasteiger partial charge in [-0.05, 0) is 24.9 Å². The van der Waals surface area contributed by atoms with E-state index in [1.165, 1.54) is 5.06 Å². The SMILES string of the molecule is CSCCC(NC(N)=O)C(=O)N1CCCO1. The molecule has 0 aromatic heterocycles. The Balaban J connectivity index is 2.51. The van der Waals surface area contributed by atoms with E-state index in [1.807, 2.05) is 6.26 Å². The first-order chi connectivity index (χ1) is 7.65. The van der Waals surface area contributed by atoms with Crippen LogP contribution in [0.1, 0.15) is 12.8 Å². The molecule has 3 N–H and O–H groups in total. The van der Waals surface area contributed by atoms with Gasteiger partial charge < -0.3 is 11.1 Å². The zero-order valence-electron chi connectivity index (χ0n) is 9.27. The van der Waals surface area contributed by atoms with Gasteiger partial charge in [0.05, 0.1) is 13.2 Å². The molecule has 16 heavy (non-hydrogen) atoms. The number of thioether (sulfide) groups is 1. The van der Waals surface area contributed by atoms with Crippen molar-refractivity contribution >= 4 is 23.7 Å². The zero-order chi connectivity index (χ0) is 12.0. The van der Waals surface area contributed by atoms with E-state index >= 15 is 0 Å². The maximum Gasteiger partial charge on any atom is 0.312 e. The first-order valence-corrected chi connectivity index (χ1v) is 6.53. The van der Waals surface area contributed by atoms with E-state index in [9.17, 15) is 9.59 Å². The smallest absolute Gasteiger partial charge is 0.312 e. The van der Waals surface area contributed by atoms with Gasteiger partial charge in [0.2, 0.25) is 0 Å². The van der Waals surface area contributed by atoms with E-state index in [-0.39, 0.29) is 5.91 Å². The molecule has 6 nitrogen and oxygen atoms in total. The van der Waals surface area contributed by atoms with Gasteiger partial charge in [0, 0.05) is 0 Å². The first-order valence-electron chi connectivity index (χ1n) is 5.14. The van der Waals surface area contributed by atoms with E-state index in [2.05, 4.69) is 5.32 Å². The van der Waals surface area contributed by atoms with Crippen molar-refractivity contribution in [2.75, 3.05) is 25.2 Å². The maximum absolute atomic E-state index is 11.9. The fraction of sp³-hybridized carbons (Fsp3) is 0.778. The van der Waals surface area contributed by atoms with Gasteiger partial charge in [0.25, 0.3) is 5.91 Å². The van der Waals surface area contributed by atoms with Crippen molar-refractivity contribution in [2.24, 2.45) is 5.73 Å². The Hall–Kier alpha value is -0.950. The summed E-state index contributed by atoms with van der Waals surface area (Å²) in [4.78, 5) is 27.8. The van der Waals surface area contributed by atoms with Gasteiger partial charge in [0.1, 0.15) is 6.04 Å². The van der Waals surface area contributed by atoms with Crippen LogP contribution >= 0.6 is 11.8 Å². The molecule has 1 fully saturated rings. The third kappa shape index (κ3) is 3.90. The first kappa shape index (κ1) is 13.1. The molecule has 92 valence electrons. The predicted octanol–water partition coefficient (Wildman–Crippen LogP) is -0.0597. The molecule has 1 unspecified atom stereocenters. The number of carbonyl (C=O) groups is 2. The van der Waals surface area contributed by atoms with Crippen LogP contribution in [0.5, 0.6) is 0 Å². The lowest BCUT2D eigenvalue weighted by molar-refractivity contribution is -0.170. The normalized spacial score (nSPS) is 17.2. The highest BCUT2D eigenvalue weighted by Gasteiger charge is 2.27. The van der Waals surface area contributed by atoms with E-state index in [1.54, 1.807) is 11.8 Å². The molecule has 0 saturated carbocycles. The van der Waals surface area contributed by atoms with Crippen LogP contribution in [0.4, 0.5) is 4.79 Å². The predicted molar refractivity (Wildman–Crippen MR) is 61.8 cm³/mol. The number of urea groups is 1. The summed E-state index contributed by atoms with van der Waals surface area (Å²) in [5, 5.41) is 3.75. The van der Waals surface area contributed by atoms with E-state index in [4.69, 9.17) is 10.6 Å². The van der Waals surface area contributed by atoms with Crippen LogP contribution in [0.2, 0.25) is 0 Å².